The molecule has 13 heavy (non-hydrogen) atoms. The van der Waals surface area contributed by atoms with Crippen molar-refractivity contribution >= 4 is 12.1 Å². The smallest absolute Gasteiger partial charge is 0.132 e. The lowest BCUT2D eigenvalue weighted by atomic mass is 10.00. The molecular formula is C10H21NO2. The highest BCUT2D eigenvalue weighted by molar-refractivity contribution is 5.78. The van der Waals surface area contributed by atoms with E-state index >= 15 is 0 Å². The molecule has 1 aliphatic rings. The standard InChI is InChI=1S/C6H10O.C4H8O.H3N/c7-6-4-2-1-3-5-6;1-2-3-4-5;/h1-5H2;4H,2-3H2,1H3;1H3. The van der Waals surface area contributed by atoms with Crippen LogP contribution in [-0.2, 0) is 9.59 Å². The molecule has 0 unspecified atom stereocenters. The second-order valence-electron chi connectivity index (χ2n) is 3.05. The third kappa shape index (κ3) is 11.3. The van der Waals surface area contributed by atoms with Gasteiger partial charge < -0.3 is 10.9 Å². The number of unbranched alkanes of at least 4 members (excludes halogenated alkanes) is 1. The van der Waals surface area contributed by atoms with Gasteiger partial charge in [0.15, 0.2) is 0 Å². The zero-order valence-corrected chi connectivity index (χ0v) is 8.55. The number of aldehydes is 1. The molecule has 0 spiro atoms. The maximum absolute atomic E-state index is 10.5. The Morgan fingerprint density at radius 1 is 1.23 bits per heavy atom. The lowest BCUT2D eigenvalue weighted by molar-refractivity contribution is -0.120. The van der Waals surface area contributed by atoms with Crippen molar-refractivity contribution in [1.82, 2.24) is 6.15 Å². The van der Waals surface area contributed by atoms with Crippen LogP contribution in [0.3, 0.4) is 0 Å². The Labute approximate surface area is 80.5 Å². The van der Waals surface area contributed by atoms with Crippen molar-refractivity contribution in [2.75, 3.05) is 0 Å². The lowest BCUT2D eigenvalue weighted by Gasteiger charge is -2.05. The molecule has 0 saturated heterocycles. The predicted octanol–water partition coefficient (Wildman–Crippen LogP) is 2.67. The third-order valence-electron chi connectivity index (χ3n) is 1.82. The fraction of sp³-hybridized carbons (Fsp3) is 0.800. The van der Waals surface area contributed by atoms with E-state index in [0.717, 1.165) is 38.4 Å². The van der Waals surface area contributed by atoms with E-state index in [1.807, 2.05) is 6.92 Å². The van der Waals surface area contributed by atoms with Gasteiger partial charge in [-0.25, -0.2) is 0 Å². The monoisotopic (exact) mass is 187 g/mol. The van der Waals surface area contributed by atoms with Crippen LogP contribution in [0.2, 0.25) is 0 Å². The van der Waals surface area contributed by atoms with Crippen LogP contribution < -0.4 is 6.15 Å². The van der Waals surface area contributed by atoms with Gasteiger partial charge in [-0.2, -0.15) is 0 Å². The molecule has 0 heterocycles. The minimum Gasteiger partial charge on any atom is -0.344 e. The molecular weight excluding hydrogens is 166 g/mol. The van der Waals surface area contributed by atoms with E-state index in [1.165, 1.54) is 6.42 Å². The van der Waals surface area contributed by atoms with E-state index < -0.39 is 0 Å². The summed E-state index contributed by atoms with van der Waals surface area (Å²) in [5, 5.41) is 0. The minimum absolute atomic E-state index is 0. The number of rotatable bonds is 2. The van der Waals surface area contributed by atoms with Crippen molar-refractivity contribution in [2.24, 2.45) is 0 Å². The number of hydrogen-bond donors (Lipinski definition) is 1. The summed E-state index contributed by atoms with van der Waals surface area (Å²) in [6.07, 6.45) is 7.85. The number of carbonyl (C=O) groups excluding carboxylic acids is 2. The zero-order valence-electron chi connectivity index (χ0n) is 8.55. The van der Waals surface area contributed by atoms with Gasteiger partial charge in [0, 0.05) is 19.3 Å². The van der Waals surface area contributed by atoms with Gasteiger partial charge in [0.05, 0.1) is 0 Å². The molecule has 0 atom stereocenters. The highest BCUT2D eigenvalue weighted by Crippen LogP contribution is 2.12. The van der Waals surface area contributed by atoms with E-state index in [-0.39, 0.29) is 6.15 Å². The van der Waals surface area contributed by atoms with Gasteiger partial charge in [0.25, 0.3) is 0 Å². The molecule has 0 aromatic rings. The van der Waals surface area contributed by atoms with Crippen LogP contribution in [0.4, 0.5) is 0 Å². The van der Waals surface area contributed by atoms with E-state index in [0.29, 0.717) is 12.2 Å². The Bertz CT molecular complexity index is 127. The molecule has 1 rings (SSSR count). The summed E-state index contributed by atoms with van der Waals surface area (Å²) in [6.45, 7) is 1.98. The van der Waals surface area contributed by atoms with Crippen LogP contribution in [0.5, 0.6) is 0 Å². The van der Waals surface area contributed by atoms with Gasteiger partial charge in [-0.1, -0.05) is 13.3 Å². The lowest BCUT2D eigenvalue weighted by Crippen LogP contribution is -2.02. The van der Waals surface area contributed by atoms with Crippen LogP contribution in [0, 0.1) is 0 Å². The number of hydrogen-bond acceptors (Lipinski definition) is 3. The van der Waals surface area contributed by atoms with Gasteiger partial charge in [0.1, 0.15) is 12.1 Å². The highest BCUT2D eigenvalue weighted by Gasteiger charge is 2.05. The highest BCUT2D eigenvalue weighted by atomic mass is 16.1. The maximum atomic E-state index is 10.5. The topological polar surface area (TPSA) is 69.1 Å². The molecule has 1 aliphatic carbocycles. The summed E-state index contributed by atoms with van der Waals surface area (Å²) < 4.78 is 0. The summed E-state index contributed by atoms with van der Waals surface area (Å²) >= 11 is 0. The second kappa shape index (κ2) is 11.3. The van der Waals surface area contributed by atoms with Crippen LogP contribution in [0.1, 0.15) is 51.9 Å². The van der Waals surface area contributed by atoms with Crippen molar-refractivity contribution in [3.63, 3.8) is 0 Å². The van der Waals surface area contributed by atoms with E-state index in [2.05, 4.69) is 0 Å². The Hall–Kier alpha value is -0.700. The first-order valence-electron chi connectivity index (χ1n) is 4.76. The van der Waals surface area contributed by atoms with Crippen LogP contribution in [0.25, 0.3) is 0 Å². The van der Waals surface area contributed by atoms with Crippen molar-refractivity contribution in [3.05, 3.63) is 0 Å². The van der Waals surface area contributed by atoms with E-state index in [9.17, 15) is 9.59 Å². The Morgan fingerprint density at radius 3 is 1.92 bits per heavy atom. The Morgan fingerprint density at radius 2 is 1.77 bits per heavy atom. The average Bonchev–Trinajstić information content (AvgIpc) is 2.08. The van der Waals surface area contributed by atoms with Gasteiger partial charge in [-0.15, -0.1) is 0 Å². The molecule has 0 amide bonds. The molecule has 0 aliphatic heterocycles. The summed E-state index contributed by atoms with van der Waals surface area (Å²) in [7, 11) is 0. The van der Waals surface area contributed by atoms with Crippen LogP contribution >= 0.6 is 0 Å². The summed E-state index contributed by atoms with van der Waals surface area (Å²) in [4.78, 5) is 19.9. The number of carbonyl (C=O) groups is 2. The van der Waals surface area contributed by atoms with Crippen molar-refractivity contribution in [1.29, 1.82) is 0 Å². The third-order valence-corrected chi connectivity index (χ3v) is 1.82. The minimum atomic E-state index is 0. The summed E-state index contributed by atoms with van der Waals surface area (Å²) in [5.41, 5.74) is 0. The second-order valence-corrected chi connectivity index (χ2v) is 3.05. The van der Waals surface area contributed by atoms with Crippen molar-refractivity contribution < 1.29 is 9.59 Å². The van der Waals surface area contributed by atoms with Crippen LogP contribution in [-0.4, -0.2) is 12.1 Å². The molecule has 0 bridgehead atoms. The Kier molecular flexibility index (Phi) is 12.9. The molecule has 0 aromatic heterocycles. The van der Waals surface area contributed by atoms with E-state index in [4.69, 9.17) is 0 Å². The first-order chi connectivity index (χ1) is 5.81. The number of Topliss-reactive ketones (excluding diaryl/α,β-unsaturated/α-hetero) is 1. The fourth-order valence-corrected chi connectivity index (χ4v) is 1.06. The van der Waals surface area contributed by atoms with E-state index in [1.54, 1.807) is 0 Å². The summed E-state index contributed by atoms with van der Waals surface area (Å²) in [5.74, 6) is 0.464. The Balaban J connectivity index is 0. The van der Waals surface area contributed by atoms with Gasteiger partial charge in [-0.05, 0) is 19.3 Å². The molecule has 78 valence electrons. The average molecular weight is 187 g/mol. The first-order valence-corrected chi connectivity index (χ1v) is 4.76. The van der Waals surface area contributed by atoms with Crippen molar-refractivity contribution in [2.45, 2.75) is 51.9 Å². The molecule has 3 heteroatoms. The van der Waals surface area contributed by atoms with Gasteiger partial charge in [-0.3, -0.25) is 4.79 Å². The normalized spacial score (nSPS) is 15.0. The summed E-state index contributed by atoms with van der Waals surface area (Å²) in [6, 6.07) is 0. The molecule has 3 nitrogen and oxygen atoms in total. The van der Waals surface area contributed by atoms with Gasteiger partial charge in [0.2, 0.25) is 0 Å². The van der Waals surface area contributed by atoms with Crippen LogP contribution in [0.15, 0.2) is 0 Å². The zero-order chi connectivity index (χ0) is 9.23. The quantitative estimate of drug-likeness (QED) is 0.676. The number of ketones is 1. The largest absolute Gasteiger partial charge is 0.344 e. The predicted molar refractivity (Wildman–Crippen MR) is 54.1 cm³/mol. The molecule has 1 saturated carbocycles. The molecule has 1 fully saturated rings. The molecule has 0 aromatic carbocycles. The van der Waals surface area contributed by atoms with Crippen molar-refractivity contribution in [3.8, 4) is 0 Å². The molecule has 0 radical (unpaired) electrons. The molecule has 3 N–H and O–H groups in total. The maximum Gasteiger partial charge on any atom is 0.132 e. The first kappa shape index (κ1) is 14.8. The van der Waals surface area contributed by atoms with Gasteiger partial charge >= 0.3 is 0 Å². The fourth-order valence-electron chi connectivity index (χ4n) is 1.06. The SMILES string of the molecule is CCCC=O.N.O=C1CCCCC1.